The molecule has 50 valence electrons. The number of rotatable bonds is 1. The second kappa shape index (κ2) is 3.45. The van der Waals surface area contributed by atoms with E-state index < -0.39 is 3.36 Å². The van der Waals surface area contributed by atoms with Crippen LogP contribution in [0.5, 0.6) is 0 Å². The molecule has 0 bridgehead atoms. The van der Waals surface area contributed by atoms with Crippen LogP contribution in [-0.2, 0) is 0 Å². The van der Waals surface area contributed by atoms with Gasteiger partial charge >= 0.3 is 0 Å². The van der Waals surface area contributed by atoms with E-state index in [9.17, 15) is 8.78 Å². The van der Waals surface area contributed by atoms with Gasteiger partial charge in [-0.25, -0.2) is 8.78 Å². The number of hydrogen-bond acceptors (Lipinski definition) is 0. The molecule has 0 radical (unpaired) electrons. The summed E-state index contributed by atoms with van der Waals surface area (Å²) < 4.78 is 21.3. The normalized spacial score (nSPS) is 14.2. The minimum Gasteiger partial charge on any atom is -0.215 e. The van der Waals surface area contributed by atoms with Gasteiger partial charge in [-0.3, -0.25) is 0 Å². The van der Waals surface area contributed by atoms with Gasteiger partial charge in [0.1, 0.15) is 0 Å². The van der Waals surface area contributed by atoms with Gasteiger partial charge in [0.25, 0.3) is 3.36 Å². The second-order valence-corrected chi connectivity index (χ2v) is 11.1. The van der Waals surface area contributed by atoms with E-state index in [0.29, 0.717) is 0 Å². The zero-order valence-electron chi connectivity index (χ0n) is 3.27. The highest BCUT2D eigenvalue weighted by Crippen LogP contribution is 2.51. The fourth-order valence-electron chi connectivity index (χ4n) is 0. The van der Waals surface area contributed by atoms with Gasteiger partial charge in [-0.2, -0.15) is 0 Å². The van der Waals surface area contributed by atoms with Gasteiger partial charge in [-0.1, -0.05) is 0 Å². The van der Waals surface area contributed by atoms with Gasteiger partial charge in [-0.15, -0.1) is 0 Å². The van der Waals surface area contributed by atoms with E-state index in [1.165, 1.54) is 90.4 Å². The molecular formula is C2F2I4. The van der Waals surface area contributed by atoms with Crippen LogP contribution in [0.3, 0.4) is 0 Å². The van der Waals surface area contributed by atoms with Crippen molar-refractivity contribution in [2.75, 3.05) is 0 Å². The molecule has 8 heavy (non-hydrogen) atoms. The summed E-state index contributed by atoms with van der Waals surface area (Å²) in [7, 11) is 0. The number of alkyl halides is 6. The van der Waals surface area contributed by atoms with Crippen LogP contribution in [0.25, 0.3) is 0 Å². The van der Waals surface area contributed by atoms with Crippen molar-refractivity contribution in [3.8, 4) is 0 Å². The molecular weight excluding hydrogens is 570 g/mol. The summed E-state index contributed by atoms with van der Waals surface area (Å²) in [6, 6.07) is 0. The molecule has 0 rings (SSSR count). The lowest BCUT2D eigenvalue weighted by Crippen LogP contribution is -2.22. The maximum absolute atomic E-state index is 12.5. The molecule has 0 atom stereocenters. The quantitative estimate of drug-likeness (QED) is 0.331. The molecule has 0 saturated carbocycles. The lowest BCUT2D eigenvalue weighted by molar-refractivity contribution is 0.319. The Kier molecular flexibility index (Phi) is 4.65. The molecule has 0 aromatic heterocycles. The van der Waals surface area contributed by atoms with Gasteiger partial charge in [-0.05, 0) is 90.4 Å². The van der Waals surface area contributed by atoms with Crippen LogP contribution in [0, 0.1) is 0 Å². The zero-order chi connectivity index (χ0) is 7.00. The molecule has 0 aliphatic heterocycles. The summed E-state index contributed by atoms with van der Waals surface area (Å²) in [5.41, 5.74) is 0. The Hall–Kier alpha value is 2.78. The summed E-state index contributed by atoms with van der Waals surface area (Å²) in [4.78, 5) is 0. The summed E-state index contributed by atoms with van der Waals surface area (Å²) in [6.07, 6.45) is 0. The Morgan fingerprint density at radius 2 is 0.875 bits per heavy atom. The van der Waals surface area contributed by atoms with Crippen molar-refractivity contribution in [2.24, 2.45) is 0 Å². The second-order valence-electron chi connectivity index (χ2n) is 0.996. The van der Waals surface area contributed by atoms with E-state index in [1.54, 1.807) is 0 Å². The molecule has 0 spiro atoms. The van der Waals surface area contributed by atoms with Crippen molar-refractivity contribution in [3.05, 3.63) is 0 Å². The summed E-state index contributed by atoms with van der Waals surface area (Å²) in [6.45, 7) is 0. The van der Waals surface area contributed by atoms with Gasteiger partial charge in [0.2, 0.25) is 0 Å². The van der Waals surface area contributed by atoms with Crippen molar-refractivity contribution in [1.29, 1.82) is 0 Å². The van der Waals surface area contributed by atoms with Gasteiger partial charge < -0.3 is 0 Å². The van der Waals surface area contributed by atoms with E-state index in [4.69, 9.17) is 0 Å². The monoisotopic (exact) mass is 570 g/mol. The minimum atomic E-state index is -1.82. The first kappa shape index (κ1) is 10.8. The first-order valence-electron chi connectivity index (χ1n) is 1.38. The highest BCUT2D eigenvalue weighted by Gasteiger charge is 2.45. The Labute approximate surface area is 100 Å². The standard InChI is InChI=1S/C2F2I4/c3-1(5,6)2(4,7)8. The average molecular weight is 570 g/mol. The third-order valence-electron chi connectivity index (χ3n) is 0.321. The lowest BCUT2D eigenvalue weighted by Gasteiger charge is -2.18. The van der Waals surface area contributed by atoms with Gasteiger partial charge in [0, 0.05) is 0 Å². The zero-order valence-corrected chi connectivity index (χ0v) is 11.9. The third-order valence-corrected chi connectivity index (χ3v) is 7.42. The summed E-state index contributed by atoms with van der Waals surface area (Å²) >= 11 is 5.65. The molecule has 0 aromatic rings. The van der Waals surface area contributed by atoms with Crippen molar-refractivity contribution >= 4 is 90.4 Å². The Morgan fingerprint density at radius 1 is 0.750 bits per heavy atom. The predicted molar refractivity (Wildman–Crippen MR) is 63.8 cm³/mol. The van der Waals surface area contributed by atoms with E-state index in [0.717, 1.165) is 0 Å². The van der Waals surface area contributed by atoms with Gasteiger partial charge in [0.15, 0.2) is 0 Å². The van der Waals surface area contributed by atoms with Crippen LogP contribution in [0.1, 0.15) is 0 Å². The molecule has 0 N–H and O–H groups in total. The molecule has 0 nitrogen and oxygen atoms in total. The first-order chi connectivity index (χ1) is 3.25. The third kappa shape index (κ3) is 3.83. The molecule has 0 saturated heterocycles. The highest BCUT2D eigenvalue weighted by molar-refractivity contribution is 14.2. The molecule has 0 unspecified atom stereocenters. The molecule has 0 fully saturated rings. The van der Waals surface area contributed by atoms with Crippen LogP contribution in [-0.4, -0.2) is 3.36 Å². The smallest absolute Gasteiger partial charge is 0.215 e. The van der Waals surface area contributed by atoms with E-state index in [2.05, 4.69) is 0 Å². The SMILES string of the molecule is FC(I)(I)C(F)(I)I. The Balaban J connectivity index is 4.02. The summed E-state index contributed by atoms with van der Waals surface area (Å²) in [5, 5.41) is 0. The highest BCUT2D eigenvalue weighted by atomic mass is 127. The molecule has 0 heterocycles. The predicted octanol–water partition coefficient (Wildman–Crippen LogP) is 3.97. The Morgan fingerprint density at radius 3 is 0.875 bits per heavy atom. The topological polar surface area (TPSA) is 0 Å². The number of halogens is 6. The van der Waals surface area contributed by atoms with E-state index >= 15 is 0 Å². The summed E-state index contributed by atoms with van der Waals surface area (Å²) in [5.74, 6) is 0. The first-order valence-corrected chi connectivity index (χ1v) is 5.70. The van der Waals surface area contributed by atoms with Crippen LogP contribution >= 0.6 is 90.4 Å². The molecule has 0 aliphatic carbocycles. The molecule has 0 amide bonds. The number of hydrogen-bond donors (Lipinski definition) is 0. The maximum atomic E-state index is 12.5. The molecule has 0 aliphatic rings. The van der Waals surface area contributed by atoms with Crippen LogP contribution in [0.15, 0.2) is 0 Å². The van der Waals surface area contributed by atoms with Crippen molar-refractivity contribution in [2.45, 2.75) is 3.36 Å². The van der Waals surface area contributed by atoms with Crippen molar-refractivity contribution < 1.29 is 8.78 Å². The molecule has 0 aromatic carbocycles. The largest absolute Gasteiger partial charge is 0.262 e. The van der Waals surface area contributed by atoms with Crippen molar-refractivity contribution in [1.82, 2.24) is 0 Å². The van der Waals surface area contributed by atoms with Crippen LogP contribution in [0.2, 0.25) is 0 Å². The van der Waals surface area contributed by atoms with E-state index in [1.807, 2.05) is 0 Å². The Bertz CT molecular complexity index is 67.0. The average Bonchev–Trinajstić information content (AvgIpc) is 1.25. The minimum absolute atomic E-state index is 1.41. The van der Waals surface area contributed by atoms with E-state index in [-0.39, 0.29) is 0 Å². The molecule has 6 heteroatoms. The maximum Gasteiger partial charge on any atom is 0.262 e. The van der Waals surface area contributed by atoms with Crippen LogP contribution in [0.4, 0.5) is 8.78 Å². The van der Waals surface area contributed by atoms with Crippen molar-refractivity contribution in [3.63, 3.8) is 0 Å². The van der Waals surface area contributed by atoms with Crippen LogP contribution < -0.4 is 0 Å². The fourth-order valence-corrected chi connectivity index (χ4v) is 0. The lowest BCUT2D eigenvalue weighted by atomic mass is 10.9. The van der Waals surface area contributed by atoms with Gasteiger partial charge in [0.05, 0.1) is 0 Å². The fraction of sp³-hybridized carbons (Fsp3) is 1.00.